The number of benzene rings is 3. The number of nitrogens with zero attached hydrogens (tertiary/aromatic N) is 2. The Morgan fingerprint density at radius 2 is 1.74 bits per heavy atom. The average molecular weight is 610 g/mol. The number of amides is 2. The molecule has 7 nitrogen and oxygen atoms in total. The molecule has 0 saturated carbocycles. The van der Waals surface area contributed by atoms with Crippen molar-refractivity contribution in [1.29, 1.82) is 0 Å². The number of hydrogen-bond acceptors (Lipinski definition) is 6. The summed E-state index contributed by atoms with van der Waals surface area (Å²) in [6, 6.07) is 21.2. The number of piperazine rings is 1. The number of carbonyl (C=O) groups excluding carboxylic acids is 2. The van der Waals surface area contributed by atoms with E-state index in [-0.39, 0.29) is 16.9 Å². The van der Waals surface area contributed by atoms with Crippen LogP contribution >= 0.6 is 39.5 Å². The molecule has 0 bridgehead atoms. The predicted molar refractivity (Wildman–Crippen MR) is 161 cm³/mol. The summed E-state index contributed by atoms with van der Waals surface area (Å²) in [6.45, 7) is 2.89. The summed E-state index contributed by atoms with van der Waals surface area (Å²) >= 11 is 10.4. The van der Waals surface area contributed by atoms with Gasteiger partial charge in [-0.3, -0.25) is 14.9 Å². The second kappa shape index (κ2) is 11.5. The first-order valence-corrected chi connectivity index (χ1v) is 14.1. The third-order valence-electron chi connectivity index (χ3n) is 6.41. The summed E-state index contributed by atoms with van der Waals surface area (Å²) in [4.78, 5) is 30.6. The number of halogens is 1. The maximum absolute atomic E-state index is 13.1. The maximum Gasteiger partial charge on any atom is 0.264 e. The van der Waals surface area contributed by atoms with E-state index in [1.54, 1.807) is 6.07 Å². The zero-order valence-corrected chi connectivity index (χ0v) is 23.8. The molecule has 0 radical (unpaired) electrons. The molecule has 3 aromatic carbocycles. The van der Waals surface area contributed by atoms with Crippen LogP contribution in [0, 0.1) is 0 Å². The van der Waals surface area contributed by atoms with Crippen LogP contribution in [0.2, 0.25) is 0 Å². The summed E-state index contributed by atoms with van der Waals surface area (Å²) in [5, 5.41) is 9.81. The molecule has 1 aliphatic heterocycles. The van der Waals surface area contributed by atoms with Crippen LogP contribution < -0.4 is 20.3 Å². The number of ether oxygens (including phenoxy) is 1. The van der Waals surface area contributed by atoms with Gasteiger partial charge in [-0.05, 0) is 80.7 Å². The van der Waals surface area contributed by atoms with Crippen LogP contribution in [0.5, 0.6) is 5.75 Å². The van der Waals surface area contributed by atoms with Gasteiger partial charge in [-0.25, -0.2) is 0 Å². The SMILES string of the molecule is COc1c(C(=O)NC(=S)Nc2ccc(N3CCN(C(=O)c4cccs4)CC3)cc2)cc2ccccc2c1Br. The minimum Gasteiger partial charge on any atom is -0.495 e. The Bertz CT molecular complexity index is 1480. The van der Waals surface area contributed by atoms with E-state index in [0.29, 0.717) is 24.4 Å². The standard InChI is InChI=1S/C28H25BrN4O3S2/c1-36-25-22(17-18-5-2-3-6-21(18)24(25)29)26(34)31-28(37)30-19-8-10-20(11-9-19)32-12-14-33(15-13-32)27(35)23-7-4-16-38-23/h2-11,16-17H,12-15H2,1H3,(H2,30,31,34,37). The number of carbonyl (C=O) groups is 2. The second-order valence-corrected chi connectivity index (χ2v) is 10.9. The third kappa shape index (κ3) is 5.52. The minimum absolute atomic E-state index is 0.100. The highest BCUT2D eigenvalue weighted by Gasteiger charge is 2.23. The summed E-state index contributed by atoms with van der Waals surface area (Å²) < 4.78 is 6.23. The van der Waals surface area contributed by atoms with Crippen molar-refractivity contribution in [3.8, 4) is 5.75 Å². The topological polar surface area (TPSA) is 73.9 Å². The molecular weight excluding hydrogens is 584 g/mol. The number of anilines is 2. The van der Waals surface area contributed by atoms with E-state index in [1.165, 1.54) is 18.4 Å². The van der Waals surface area contributed by atoms with Crippen LogP contribution in [0.4, 0.5) is 11.4 Å². The molecule has 2 heterocycles. The van der Waals surface area contributed by atoms with Gasteiger partial charge in [0.2, 0.25) is 0 Å². The molecule has 1 fully saturated rings. The normalized spacial score (nSPS) is 13.3. The Kier molecular flexibility index (Phi) is 7.92. The first-order chi connectivity index (χ1) is 18.4. The van der Waals surface area contributed by atoms with E-state index in [9.17, 15) is 9.59 Å². The van der Waals surface area contributed by atoms with Crippen molar-refractivity contribution in [2.24, 2.45) is 0 Å². The molecule has 0 aliphatic carbocycles. The van der Waals surface area contributed by atoms with Crippen molar-refractivity contribution >= 4 is 78.6 Å². The zero-order chi connectivity index (χ0) is 26.6. The lowest BCUT2D eigenvalue weighted by atomic mass is 10.1. The molecule has 2 N–H and O–H groups in total. The van der Waals surface area contributed by atoms with Crippen LogP contribution in [0.15, 0.2) is 76.6 Å². The van der Waals surface area contributed by atoms with Gasteiger partial charge in [-0.2, -0.15) is 0 Å². The molecule has 0 spiro atoms. The van der Waals surface area contributed by atoms with Crippen molar-refractivity contribution in [3.63, 3.8) is 0 Å². The van der Waals surface area contributed by atoms with Crippen LogP contribution in [0.3, 0.4) is 0 Å². The second-order valence-electron chi connectivity index (χ2n) is 8.70. The van der Waals surface area contributed by atoms with E-state index < -0.39 is 0 Å². The number of hydrogen-bond donors (Lipinski definition) is 2. The Hall–Kier alpha value is -3.47. The molecule has 1 aromatic heterocycles. The Morgan fingerprint density at radius 3 is 2.42 bits per heavy atom. The lowest BCUT2D eigenvalue weighted by Crippen LogP contribution is -2.48. The maximum atomic E-state index is 13.1. The number of fused-ring (bicyclic) bond motifs is 1. The lowest BCUT2D eigenvalue weighted by molar-refractivity contribution is 0.0751. The van der Waals surface area contributed by atoms with E-state index in [0.717, 1.165) is 44.6 Å². The number of rotatable bonds is 5. The van der Waals surface area contributed by atoms with Gasteiger partial charge in [0.1, 0.15) is 5.75 Å². The molecule has 0 atom stereocenters. The fraction of sp³-hybridized carbons (Fsp3) is 0.179. The van der Waals surface area contributed by atoms with Gasteiger partial charge >= 0.3 is 0 Å². The van der Waals surface area contributed by atoms with Gasteiger partial charge in [0.25, 0.3) is 11.8 Å². The first-order valence-electron chi connectivity index (χ1n) is 12.0. The molecule has 5 rings (SSSR count). The van der Waals surface area contributed by atoms with Crippen molar-refractivity contribution in [2.45, 2.75) is 0 Å². The minimum atomic E-state index is -0.364. The van der Waals surface area contributed by atoms with Crippen molar-refractivity contribution in [3.05, 3.63) is 87.0 Å². The first kappa shape index (κ1) is 26.1. The number of thiophene rings is 1. The number of methoxy groups -OCH3 is 1. The Morgan fingerprint density at radius 1 is 1.00 bits per heavy atom. The highest BCUT2D eigenvalue weighted by atomic mass is 79.9. The fourth-order valence-electron chi connectivity index (χ4n) is 4.46. The summed E-state index contributed by atoms with van der Waals surface area (Å²) in [5.74, 6) is 0.186. The number of nitrogens with one attached hydrogen (secondary N) is 2. The monoisotopic (exact) mass is 608 g/mol. The Balaban J connectivity index is 1.18. The smallest absolute Gasteiger partial charge is 0.264 e. The van der Waals surface area contributed by atoms with Gasteiger partial charge in [-0.15, -0.1) is 11.3 Å². The van der Waals surface area contributed by atoms with Crippen molar-refractivity contribution in [2.75, 3.05) is 43.5 Å². The van der Waals surface area contributed by atoms with Gasteiger partial charge in [0.15, 0.2) is 5.11 Å². The predicted octanol–water partition coefficient (Wildman–Crippen LogP) is 5.76. The molecular formula is C28H25BrN4O3S2. The molecule has 1 aliphatic rings. The van der Waals surface area contributed by atoms with E-state index in [2.05, 4.69) is 31.5 Å². The third-order valence-corrected chi connectivity index (χ3v) is 8.26. The lowest BCUT2D eigenvalue weighted by Gasteiger charge is -2.36. The summed E-state index contributed by atoms with van der Waals surface area (Å²) in [7, 11) is 1.53. The Labute approximate surface area is 238 Å². The fourth-order valence-corrected chi connectivity index (χ4v) is 6.10. The molecule has 1 saturated heterocycles. The molecule has 4 aromatic rings. The van der Waals surface area contributed by atoms with Crippen molar-refractivity contribution < 1.29 is 14.3 Å². The van der Waals surface area contributed by atoms with E-state index >= 15 is 0 Å². The van der Waals surface area contributed by atoms with Crippen LogP contribution in [0.1, 0.15) is 20.0 Å². The summed E-state index contributed by atoms with van der Waals surface area (Å²) in [5.41, 5.74) is 2.21. The van der Waals surface area contributed by atoms with Crippen LogP contribution in [-0.4, -0.2) is 55.1 Å². The van der Waals surface area contributed by atoms with Crippen LogP contribution in [-0.2, 0) is 0 Å². The van der Waals surface area contributed by atoms with E-state index in [1.807, 2.05) is 70.9 Å². The highest BCUT2D eigenvalue weighted by molar-refractivity contribution is 9.10. The molecule has 2 amide bonds. The summed E-state index contributed by atoms with van der Waals surface area (Å²) in [6.07, 6.45) is 0. The molecule has 38 heavy (non-hydrogen) atoms. The van der Waals surface area contributed by atoms with Crippen LogP contribution in [0.25, 0.3) is 10.8 Å². The average Bonchev–Trinajstić information content (AvgIpc) is 3.48. The number of thiocarbonyl (C=S) groups is 1. The van der Waals surface area contributed by atoms with Gasteiger partial charge < -0.3 is 19.9 Å². The molecule has 0 unspecified atom stereocenters. The van der Waals surface area contributed by atoms with Crippen molar-refractivity contribution in [1.82, 2.24) is 10.2 Å². The quantitative estimate of drug-likeness (QED) is 0.281. The van der Waals surface area contributed by atoms with Gasteiger partial charge in [-0.1, -0.05) is 30.3 Å². The zero-order valence-electron chi connectivity index (χ0n) is 20.6. The molecule has 10 heteroatoms. The molecule has 194 valence electrons. The van der Waals surface area contributed by atoms with Gasteiger partial charge in [0, 0.05) is 37.6 Å². The van der Waals surface area contributed by atoms with Gasteiger partial charge in [0.05, 0.1) is 22.0 Å². The van der Waals surface area contributed by atoms with E-state index in [4.69, 9.17) is 17.0 Å². The largest absolute Gasteiger partial charge is 0.495 e. The highest BCUT2D eigenvalue weighted by Crippen LogP contribution is 2.36.